The van der Waals surface area contributed by atoms with Gasteiger partial charge in [0.15, 0.2) is 0 Å². The average Bonchev–Trinajstić information content (AvgIpc) is 2.67. The number of thioether (sulfide) groups is 1. The quantitative estimate of drug-likeness (QED) is 0.814. The zero-order chi connectivity index (χ0) is 10.5. The Balaban J connectivity index is 1.97. The Labute approximate surface area is 97.4 Å². The van der Waals surface area contributed by atoms with Crippen molar-refractivity contribution in [1.82, 2.24) is 4.98 Å². The topological polar surface area (TPSA) is 33.1 Å². The first-order chi connectivity index (χ1) is 7.40. The molecule has 1 heterocycles. The van der Waals surface area contributed by atoms with Crippen molar-refractivity contribution in [2.45, 2.75) is 12.2 Å². The molecule has 1 aromatic heterocycles. The van der Waals surface area contributed by atoms with Crippen molar-refractivity contribution in [3.8, 4) is 0 Å². The summed E-state index contributed by atoms with van der Waals surface area (Å²) in [5.41, 5.74) is 1.10. The van der Waals surface area contributed by atoms with Gasteiger partial charge in [-0.15, -0.1) is 11.3 Å². The summed E-state index contributed by atoms with van der Waals surface area (Å²) >= 11 is 3.59. The molecule has 0 atom stereocenters. The van der Waals surface area contributed by atoms with E-state index >= 15 is 0 Å². The Morgan fingerprint density at radius 2 is 2.20 bits per heavy atom. The summed E-state index contributed by atoms with van der Waals surface area (Å²) < 4.78 is 1.26. The molecule has 80 valence electrons. The van der Waals surface area contributed by atoms with Gasteiger partial charge in [0.05, 0.1) is 10.2 Å². The molecule has 2 rings (SSSR count). The van der Waals surface area contributed by atoms with Crippen molar-refractivity contribution in [1.29, 1.82) is 0 Å². The molecule has 0 fully saturated rings. The second-order valence-electron chi connectivity index (χ2n) is 3.21. The van der Waals surface area contributed by atoms with E-state index in [-0.39, 0.29) is 6.61 Å². The highest BCUT2D eigenvalue weighted by Gasteiger charge is 2.02. The van der Waals surface area contributed by atoms with E-state index in [0.717, 1.165) is 23.4 Å². The smallest absolute Gasteiger partial charge is 0.104 e. The Morgan fingerprint density at radius 3 is 3.00 bits per heavy atom. The fourth-order valence-electron chi connectivity index (χ4n) is 1.31. The van der Waals surface area contributed by atoms with Gasteiger partial charge < -0.3 is 5.11 Å². The molecule has 0 spiro atoms. The predicted molar refractivity (Wildman–Crippen MR) is 67.5 cm³/mol. The van der Waals surface area contributed by atoms with Gasteiger partial charge in [-0.2, -0.15) is 11.8 Å². The molecule has 0 amide bonds. The average molecular weight is 239 g/mol. The van der Waals surface area contributed by atoms with Gasteiger partial charge in [-0.3, -0.25) is 0 Å². The molecule has 0 saturated heterocycles. The van der Waals surface area contributed by atoms with E-state index in [1.807, 2.05) is 30.0 Å². The van der Waals surface area contributed by atoms with E-state index in [2.05, 4.69) is 11.1 Å². The number of aromatic nitrogens is 1. The zero-order valence-electron chi connectivity index (χ0n) is 8.35. The van der Waals surface area contributed by atoms with Crippen LogP contribution in [0.4, 0.5) is 0 Å². The van der Waals surface area contributed by atoms with Crippen LogP contribution < -0.4 is 0 Å². The van der Waals surface area contributed by atoms with Gasteiger partial charge in [0, 0.05) is 12.4 Å². The molecule has 1 N–H and O–H groups in total. The number of thiazole rings is 1. The minimum absolute atomic E-state index is 0.285. The van der Waals surface area contributed by atoms with Gasteiger partial charge in [-0.25, -0.2) is 4.98 Å². The van der Waals surface area contributed by atoms with Gasteiger partial charge in [-0.05, 0) is 24.3 Å². The van der Waals surface area contributed by atoms with Gasteiger partial charge in [0.2, 0.25) is 0 Å². The molecule has 0 aliphatic carbocycles. The highest BCUT2D eigenvalue weighted by atomic mass is 32.2. The maximum absolute atomic E-state index is 8.65. The van der Waals surface area contributed by atoms with E-state index < -0.39 is 0 Å². The summed E-state index contributed by atoms with van der Waals surface area (Å²) in [5.74, 6) is 1.96. The minimum atomic E-state index is 0.285. The van der Waals surface area contributed by atoms with Crippen molar-refractivity contribution in [2.75, 3.05) is 12.4 Å². The van der Waals surface area contributed by atoms with Crippen LogP contribution in [0.5, 0.6) is 0 Å². The zero-order valence-corrected chi connectivity index (χ0v) is 9.98. The molecule has 2 nitrogen and oxygen atoms in total. The Bertz CT molecular complexity index is 394. The monoisotopic (exact) mass is 239 g/mol. The number of benzene rings is 1. The van der Waals surface area contributed by atoms with E-state index in [4.69, 9.17) is 5.11 Å². The maximum atomic E-state index is 8.65. The molecule has 0 radical (unpaired) electrons. The van der Waals surface area contributed by atoms with Crippen molar-refractivity contribution in [3.05, 3.63) is 29.3 Å². The number of hydrogen-bond acceptors (Lipinski definition) is 4. The third-order valence-electron chi connectivity index (χ3n) is 2.01. The van der Waals surface area contributed by atoms with Crippen LogP contribution in [0.2, 0.25) is 0 Å². The molecule has 0 bridgehead atoms. The number of hydrogen-bond donors (Lipinski definition) is 1. The molecule has 0 aliphatic rings. The predicted octanol–water partition coefficient (Wildman–Crippen LogP) is 2.91. The Kier molecular flexibility index (Phi) is 4.00. The van der Waals surface area contributed by atoms with Crippen LogP contribution in [0.3, 0.4) is 0 Å². The number of para-hydroxylation sites is 1. The third-order valence-corrected chi connectivity index (χ3v) is 4.28. The van der Waals surface area contributed by atoms with Crippen LogP contribution in [0.15, 0.2) is 24.3 Å². The van der Waals surface area contributed by atoms with Crippen LogP contribution in [0, 0.1) is 0 Å². The summed E-state index contributed by atoms with van der Waals surface area (Å²) in [7, 11) is 0. The normalized spacial score (nSPS) is 11.0. The second kappa shape index (κ2) is 5.49. The van der Waals surface area contributed by atoms with Gasteiger partial charge in [-0.1, -0.05) is 12.1 Å². The van der Waals surface area contributed by atoms with E-state index in [9.17, 15) is 0 Å². The van der Waals surface area contributed by atoms with Crippen LogP contribution in [-0.4, -0.2) is 22.5 Å². The van der Waals surface area contributed by atoms with Gasteiger partial charge in [0.1, 0.15) is 5.01 Å². The number of nitrogens with zero attached hydrogens (tertiary/aromatic N) is 1. The Hall–Kier alpha value is -0.580. The summed E-state index contributed by atoms with van der Waals surface area (Å²) in [6, 6.07) is 8.22. The van der Waals surface area contributed by atoms with Crippen LogP contribution in [-0.2, 0) is 5.75 Å². The molecule has 2 aromatic rings. The fraction of sp³-hybridized carbons (Fsp3) is 0.364. The lowest BCUT2D eigenvalue weighted by Gasteiger charge is -1.95. The van der Waals surface area contributed by atoms with E-state index in [1.165, 1.54) is 9.71 Å². The van der Waals surface area contributed by atoms with Crippen molar-refractivity contribution < 1.29 is 5.11 Å². The molecule has 0 unspecified atom stereocenters. The second-order valence-corrected chi connectivity index (χ2v) is 5.43. The summed E-state index contributed by atoms with van der Waals surface area (Å²) in [6.45, 7) is 0.285. The maximum Gasteiger partial charge on any atom is 0.104 e. The van der Waals surface area contributed by atoms with Crippen LogP contribution in [0.1, 0.15) is 11.4 Å². The van der Waals surface area contributed by atoms with Crippen molar-refractivity contribution >= 4 is 33.3 Å². The SMILES string of the molecule is OCCCSCc1nc2ccccc2s1. The first kappa shape index (κ1) is 10.9. The number of fused-ring (bicyclic) bond motifs is 1. The molecule has 0 saturated carbocycles. The summed E-state index contributed by atoms with van der Waals surface area (Å²) in [4.78, 5) is 4.55. The fourth-order valence-corrected chi connectivity index (χ4v) is 3.27. The highest BCUT2D eigenvalue weighted by molar-refractivity contribution is 7.98. The van der Waals surface area contributed by atoms with E-state index in [1.54, 1.807) is 11.3 Å². The molecule has 1 aromatic carbocycles. The molecule has 0 aliphatic heterocycles. The lowest BCUT2D eigenvalue weighted by molar-refractivity contribution is 0.296. The molecule has 15 heavy (non-hydrogen) atoms. The molecular weight excluding hydrogens is 226 g/mol. The largest absolute Gasteiger partial charge is 0.396 e. The highest BCUT2D eigenvalue weighted by Crippen LogP contribution is 2.24. The molecule has 4 heteroatoms. The first-order valence-corrected chi connectivity index (χ1v) is 6.90. The number of aliphatic hydroxyl groups is 1. The van der Waals surface area contributed by atoms with Crippen molar-refractivity contribution in [3.63, 3.8) is 0 Å². The van der Waals surface area contributed by atoms with E-state index in [0.29, 0.717) is 0 Å². The third kappa shape index (κ3) is 2.93. The van der Waals surface area contributed by atoms with Gasteiger partial charge in [0.25, 0.3) is 0 Å². The Morgan fingerprint density at radius 1 is 1.33 bits per heavy atom. The minimum Gasteiger partial charge on any atom is -0.396 e. The van der Waals surface area contributed by atoms with Crippen molar-refractivity contribution in [2.24, 2.45) is 0 Å². The first-order valence-electron chi connectivity index (χ1n) is 4.93. The number of rotatable bonds is 5. The summed E-state index contributed by atoms with van der Waals surface area (Å²) in [6.07, 6.45) is 0.871. The lowest BCUT2D eigenvalue weighted by Crippen LogP contribution is -1.86. The number of aliphatic hydroxyl groups excluding tert-OH is 1. The van der Waals surface area contributed by atoms with Crippen LogP contribution in [0.25, 0.3) is 10.2 Å². The lowest BCUT2D eigenvalue weighted by atomic mass is 10.3. The standard InChI is InChI=1S/C11H13NOS2/c13-6-3-7-14-8-11-12-9-4-1-2-5-10(9)15-11/h1-2,4-5,13H,3,6-8H2. The summed E-state index contributed by atoms with van der Waals surface area (Å²) in [5, 5.41) is 9.83. The van der Waals surface area contributed by atoms with Gasteiger partial charge >= 0.3 is 0 Å². The van der Waals surface area contributed by atoms with Crippen LogP contribution >= 0.6 is 23.1 Å². The molecular formula is C11H13NOS2.